The fourth-order valence-electron chi connectivity index (χ4n) is 2.64. The molecule has 0 atom stereocenters. The van der Waals surface area contributed by atoms with Crippen molar-refractivity contribution in [1.29, 1.82) is 0 Å². The van der Waals surface area contributed by atoms with E-state index in [0.29, 0.717) is 16.0 Å². The van der Waals surface area contributed by atoms with E-state index in [1.54, 1.807) is 0 Å². The summed E-state index contributed by atoms with van der Waals surface area (Å²) in [5, 5.41) is 12.7. The number of hydrogen-bond donors (Lipinski definition) is 1. The molecule has 3 rings (SSSR count). The summed E-state index contributed by atoms with van der Waals surface area (Å²) in [6.45, 7) is 3.96. The van der Waals surface area contributed by atoms with Crippen molar-refractivity contribution in [3.63, 3.8) is 0 Å². The first kappa shape index (κ1) is 18.5. The molecule has 0 bridgehead atoms. The molecule has 0 aliphatic carbocycles. The number of amides is 1. The van der Waals surface area contributed by atoms with E-state index < -0.39 is 0 Å². The third-order valence-electron chi connectivity index (χ3n) is 4.00. The lowest BCUT2D eigenvalue weighted by Gasteiger charge is -2.11. The van der Waals surface area contributed by atoms with Crippen LogP contribution in [0.5, 0.6) is 0 Å². The van der Waals surface area contributed by atoms with E-state index in [9.17, 15) is 4.79 Å². The molecule has 0 fully saturated rings. The van der Waals surface area contributed by atoms with Crippen LogP contribution in [-0.4, -0.2) is 26.4 Å². The van der Waals surface area contributed by atoms with Crippen molar-refractivity contribution in [1.82, 2.24) is 14.8 Å². The molecule has 0 saturated carbocycles. The average molecular weight is 387 g/mol. The number of rotatable bonds is 5. The Labute approximate surface area is 161 Å². The van der Waals surface area contributed by atoms with Gasteiger partial charge in [0.15, 0.2) is 11.0 Å². The van der Waals surface area contributed by atoms with Crippen molar-refractivity contribution in [3.8, 4) is 11.4 Å². The zero-order chi connectivity index (χ0) is 18.7. The molecular weight excluding hydrogens is 368 g/mol. The maximum Gasteiger partial charge on any atom is 0.234 e. The standard InChI is InChI=1S/C19H19ClN4OS/c1-12-6-4-7-13(2)17(12)21-16(25)11-26-19-23-22-18(24(19)3)14-8-5-9-15(20)10-14/h4-10H,11H2,1-3H3,(H,21,25). The Balaban J connectivity index is 1.68. The third-order valence-corrected chi connectivity index (χ3v) is 5.25. The highest BCUT2D eigenvalue weighted by Gasteiger charge is 2.14. The Morgan fingerprint density at radius 1 is 1.15 bits per heavy atom. The number of nitrogens with zero attached hydrogens (tertiary/aromatic N) is 3. The molecule has 134 valence electrons. The van der Waals surface area contributed by atoms with Crippen LogP contribution < -0.4 is 5.32 Å². The van der Waals surface area contributed by atoms with E-state index in [-0.39, 0.29) is 11.7 Å². The summed E-state index contributed by atoms with van der Waals surface area (Å²) >= 11 is 7.39. The maximum atomic E-state index is 12.3. The van der Waals surface area contributed by atoms with Crippen LogP contribution in [0.15, 0.2) is 47.6 Å². The normalized spacial score (nSPS) is 10.8. The van der Waals surface area contributed by atoms with Crippen LogP contribution in [0.3, 0.4) is 0 Å². The van der Waals surface area contributed by atoms with E-state index in [4.69, 9.17) is 11.6 Å². The molecule has 0 aliphatic heterocycles. The summed E-state index contributed by atoms with van der Waals surface area (Å²) < 4.78 is 1.86. The Morgan fingerprint density at radius 2 is 1.85 bits per heavy atom. The molecule has 0 saturated heterocycles. The van der Waals surface area contributed by atoms with Gasteiger partial charge in [-0.2, -0.15) is 0 Å². The summed E-state index contributed by atoms with van der Waals surface area (Å²) in [5.41, 5.74) is 3.85. The number of thioether (sulfide) groups is 1. The third kappa shape index (κ3) is 4.08. The van der Waals surface area contributed by atoms with Crippen LogP contribution in [0, 0.1) is 13.8 Å². The molecule has 0 unspecified atom stereocenters. The van der Waals surface area contributed by atoms with Crippen molar-refractivity contribution < 1.29 is 4.79 Å². The van der Waals surface area contributed by atoms with Gasteiger partial charge in [-0.3, -0.25) is 4.79 Å². The summed E-state index contributed by atoms with van der Waals surface area (Å²) in [6.07, 6.45) is 0. The van der Waals surface area contributed by atoms with Gasteiger partial charge >= 0.3 is 0 Å². The molecule has 2 aromatic carbocycles. The number of anilines is 1. The first-order valence-corrected chi connectivity index (χ1v) is 9.46. The minimum absolute atomic E-state index is 0.0697. The Kier molecular flexibility index (Phi) is 5.64. The van der Waals surface area contributed by atoms with E-state index in [1.165, 1.54) is 11.8 Å². The van der Waals surface area contributed by atoms with Crippen LogP contribution in [0.4, 0.5) is 5.69 Å². The number of hydrogen-bond acceptors (Lipinski definition) is 4. The van der Waals surface area contributed by atoms with Crippen LogP contribution in [0.25, 0.3) is 11.4 Å². The fourth-order valence-corrected chi connectivity index (χ4v) is 3.54. The van der Waals surface area contributed by atoms with Gasteiger partial charge in [-0.1, -0.05) is 53.7 Å². The van der Waals surface area contributed by atoms with Gasteiger partial charge in [-0.05, 0) is 37.1 Å². The Morgan fingerprint density at radius 3 is 2.54 bits per heavy atom. The second-order valence-electron chi connectivity index (χ2n) is 5.98. The Hall–Kier alpha value is -2.31. The largest absolute Gasteiger partial charge is 0.325 e. The number of halogens is 1. The number of aromatic nitrogens is 3. The highest BCUT2D eigenvalue weighted by Crippen LogP contribution is 2.25. The minimum Gasteiger partial charge on any atom is -0.325 e. The first-order valence-electron chi connectivity index (χ1n) is 8.10. The zero-order valence-corrected chi connectivity index (χ0v) is 16.4. The molecule has 3 aromatic rings. The van der Waals surface area contributed by atoms with Crippen molar-refractivity contribution in [2.45, 2.75) is 19.0 Å². The lowest BCUT2D eigenvalue weighted by Crippen LogP contribution is -2.16. The summed E-state index contributed by atoms with van der Waals surface area (Å²) in [7, 11) is 1.88. The molecular formula is C19H19ClN4OS. The maximum absolute atomic E-state index is 12.3. The van der Waals surface area contributed by atoms with Gasteiger partial charge in [0.2, 0.25) is 5.91 Å². The van der Waals surface area contributed by atoms with E-state index in [0.717, 1.165) is 22.4 Å². The second kappa shape index (κ2) is 7.93. The van der Waals surface area contributed by atoms with Gasteiger partial charge in [-0.15, -0.1) is 10.2 Å². The van der Waals surface area contributed by atoms with Crippen molar-refractivity contribution in [3.05, 3.63) is 58.6 Å². The lowest BCUT2D eigenvalue weighted by molar-refractivity contribution is -0.113. The molecule has 0 spiro atoms. The average Bonchev–Trinajstić information content (AvgIpc) is 2.97. The number of benzene rings is 2. The molecule has 1 amide bonds. The van der Waals surface area contributed by atoms with Crippen LogP contribution in [-0.2, 0) is 11.8 Å². The summed E-state index contributed by atoms with van der Waals surface area (Å²) in [4.78, 5) is 12.3. The highest BCUT2D eigenvalue weighted by molar-refractivity contribution is 7.99. The number of para-hydroxylation sites is 1. The molecule has 1 N–H and O–H groups in total. The van der Waals surface area contributed by atoms with Crippen molar-refractivity contribution >= 4 is 35.0 Å². The van der Waals surface area contributed by atoms with Gasteiger partial charge in [0.1, 0.15) is 0 Å². The molecule has 1 aromatic heterocycles. The smallest absolute Gasteiger partial charge is 0.234 e. The topological polar surface area (TPSA) is 59.8 Å². The Bertz CT molecular complexity index is 934. The van der Waals surface area contributed by atoms with E-state index in [2.05, 4.69) is 15.5 Å². The summed E-state index contributed by atoms with van der Waals surface area (Å²) in [6, 6.07) is 13.4. The quantitative estimate of drug-likeness (QED) is 0.656. The first-order chi connectivity index (χ1) is 12.5. The molecule has 7 heteroatoms. The van der Waals surface area contributed by atoms with Crippen LogP contribution >= 0.6 is 23.4 Å². The van der Waals surface area contributed by atoms with Gasteiger partial charge in [0, 0.05) is 23.3 Å². The van der Waals surface area contributed by atoms with Crippen molar-refractivity contribution in [2.75, 3.05) is 11.1 Å². The zero-order valence-electron chi connectivity index (χ0n) is 14.8. The molecule has 0 radical (unpaired) electrons. The molecule has 0 aliphatic rings. The lowest BCUT2D eigenvalue weighted by atomic mass is 10.1. The number of nitrogens with one attached hydrogen (secondary N) is 1. The van der Waals surface area contributed by atoms with Gasteiger partial charge in [0.25, 0.3) is 0 Å². The second-order valence-corrected chi connectivity index (χ2v) is 7.36. The number of aryl methyl sites for hydroxylation is 2. The van der Waals surface area contributed by atoms with Crippen LogP contribution in [0.2, 0.25) is 5.02 Å². The van der Waals surface area contributed by atoms with Crippen molar-refractivity contribution in [2.24, 2.45) is 7.05 Å². The highest BCUT2D eigenvalue weighted by atomic mass is 35.5. The minimum atomic E-state index is -0.0697. The number of carbonyl (C=O) groups excluding carboxylic acids is 1. The number of carbonyl (C=O) groups is 1. The fraction of sp³-hybridized carbons (Fsp3) is 0.211. The molecule has 1 heterocycles. The van der Waals surface area contributed by atoms with Gasteiger partial charge in [-0.25, -0.2) is 0 Å². The SMILES string of the molecule is Cc1cccc(C)c1NC(=O)CSc1nnc(-c2cccc(Cl)c2)n1C. The van der Waals surface area contributed by atoms with E-state index >= 15 is 0 Å². The predicted molar refractivity (Wildman–Crippen MR) is 107 cm³/mol. The van der Waals surface area contributed by atoms with E-state index in [1.807, 2.05) is 67.9 Å². The van der Waals surface area contributed by atoms with Gasteiger partial charge < -0.3 is 9.88 Å². The molecule has 5 nitrogen and oxygen atoms in total. The predicted octanol–water partition coefficient (Wildman–Crippen LogP) is 4.48. The summed E-state index contributed by atoms with van der Waals surface area (Å²) in [5.74, 6) is 0.903. The monoisotopic (exact) mass is 386 g/mol. The van der Waals surface area contributed by atoms with Crippen LogP contribution in [0.1, 0.15) is 11.1 Å². The molecule has 26 heavy (non-hydrogen) atoms. The van der Waals surface area contributed by atoms with Gasteiger partial charge in [0.05, 0.1) is 5.75 Å².